The summed E-state index contributed by atoms with van der Waals surface area (Å²) >= 11 is 0. The Labute approximate surface area is 115 Å². The zero-order valence-corrected chi connectivity index (χ0v) is 11.4. The van der Waals surface area contributed by atoms with Gasteiger partial charge in [-0.3, -0.25) is 4.79 Å². The van der Waals surface area contributed by atoms with Gasteiger partial charge >= 0.3 is 0 Å². The highest BCUT2D eigenvalue weighted by molar-refractivity contribution is 5.87. The minimum atomic E-state index is -0.245. The Morgan fingerprint density at radius 3 is 2.58 bits per heavy atom. The SMILES string of the molecule is O=C1N(Cc2ccccc2)CCNC12CCCCC2. The summed E-state index contributed by atoms with van der Waals surface area (Å²) in [6, 6.07) is 10.3. The monoisotopic (exact) mass is 258 g/mol. The van der Waals surface area contributed by atoms with E-state index in [1.807, 2.05) is 23.1 Å². The summed E-state index contributed by atoms with van der Waals surface area (Å²) in [6.45, 7) is 2.51. The Balaban J connectivity index is 1.74. The number of amides is 1. The maximum absolute atomic E-state index is 12.8. The Bertz CT molecular complexity index is 432. The molecular weight excluding hydrogens is 236 g/mol. The van der Waals surface area contributed by atoms with E-state index in [-0.39, 0.29) is 5.54 Å². The van der Waals surface area contributed by atoms with Gasteiger partial charge in [-0.25, -0.2) is 0 Å². The molecule has 0 radical (unpaired) electrons. The molecule has 0 unspecified atom stereocenters. The second-order valence-corrected chi connectivity index (χ2v) is 5.78. The molecule has 3 nitrogen and oxygen atoms in total. The Morgan fingerprint density at radius 1 is 1.11 bits per heavy atom. The fourth-order valence-electron chi connectivity index (χ4n) is 3.41. The molecule has 1 saturated heterocycles. The molecule has 1 aromatic rings. The highest BCUT2D eigenvalue weighted by atomic mass is 16.2. The van der Waals surface area contributed by atoms with Gasteiger partial charge in [-0.1, -0.05) is 49.6 Å². The number of benzene rings is 1. The number of nitrogens with one attached hydrogen (secondary N) is 1. The summed E-state index contributed by atoms with van der Waals surface area (Å²) in [5.74, 6) is 0.322. The third kappa shape index (κ3) is 2.52. The first-order chi connectivity index (χ1) is 9.30. The van der Waals surface area contributed by atoms with Gasteiger partial charge in [0.2, 0.25) is 5.91 Å². The van der Waals surface area contributed by atoms with Crippen LogP contribution in [0.1, 0.15) is 37.7 Å². The number of nitrogens with zero attached hydrogens (tertiary/aromatic N) is 1. The fraction of sp³-hybridized carbons (Fsp3) is 0.562. The highest BCUT2D eigenvalue weighted by Crippen LogP contribution is 2.32. The molecule has 3 heteroatoms. The molecule has 1 heterocycles. The maximum Gasteiger partial charge on any atom is 0.243 e. The van der Waals surface area contributed by atoms with Crippen molar-refractivity contribution in [1.29, 1.82) is 0 Å². The Morgan fingerprint density at radius 2 is 1.84 bits per heavy atom. The average Bonchev–Trinajstić information content (AvgIpc) is 2.46. The largest absolute Gasteiger partial charge is 0.335 e. The number of carbonyl (C=O) groups is 1. The van der Waals surface area contributed by atoms with Gasteiger partial charge in [-0.15, -0.1) is 0 Å². The smallest absolute Gasteiger partial charge is 0.243 e. The Kier molecular flexibility index (Phi) is 3.56. The van der Waals surface area contributed by atoms with Gasteiger partial charge < -0.3 is 10.2 Å². The average molecular weight is 258 g/mol. The highest BCUT2D eigenvalue weighted by Gasteiger charge is 2.43. The number of rotatable bonds is 2. The van der Waals surface area contributed by atoms with Crippen LogP contribution in [0.5, 0.6) is 0 Å². The van der Waals surface area contributed by atoms with Crippen molar-refractivity contribution in [3.8, 4) is 0 Å². The predicted molar refractivity (Wildman–Crippen MR) is 75.7 cm³/mol. The molecule has 0 aromatic heterocycles. The molecule has 1 aliphatic heterocycles. The number of hydrogen-bond donors (Lipinski definition) is 1. The standard InChI is InChI=1S/C16H22N2O/c19-15-16(9-5-2-6-10-16)17-11-12-18(15)13-14-7-3-1-4-8-14/h1,3-4,7-8,17H,2,5-6,9-13H2. The van der Waals surface area contributed by atoms with Crippen LogP contribution in [0.25, 0.3) is 0 Å². The predicted octanol–water partition coefficient (Wildman–Crippen LogP) is 2.32. The van der Waals surface area contributed by atoms with Crippen molar-refractivity contribution in [3.05, 3.63) is 35.9 Å². The van der Waals surface area contributed by atoms with Crippen LogP contribution in [0.2, 0.25) is 0 Å². The van der Waals surface area contributed by atoms with Gasteiger partial charge in [0.25, 0.3) is 0 Å². The summed E-state index contributed by atoms with van der Waals surface area (Å²) in [6.07, 6.45) is 5.65. The van der Waals surface area contributed by atoms with Crippen LogP contribution >= 0.6 is 0 Å². The first-order valence-corrected chi connectivity index (χ1v) is 7.39. The molecule has 1 N–H and O–H groups in total. The number of piperazine rings is 1. The summed E-state index contributed by atoms with van der Waals surface area (Å²) < 4.78 is 0. The van der Waals surface area contributed by atoms with Gasteiger partial charge in [0.15, 0.2) is 0 Å². The summed E-state index contributed by atoms with van der Waals surface area (Å²) in [5.41, 5.74) is 0.981. The molecule has 1 spiro atoms. The van der Waals surface area contributed by atoms with Crippen molar-refractivity contribution in [2.45, 2.75) is 44.2 Å². The van der Waals surface area contributed by atoms with E-state index in [0.29, 0.717) is 5.91 Å². The van der Waals surface area contributed by atoms with Crippen molar-refractivity contribution < 1.29 is 4.79 Å². The molecule has 1 aromatic carbocycles. The summed E-state index contributed by atoms with van der Waals surface area (Å²) in [4.78, 5) is 14.8. The van der Waals surface area contributed by atoms with Crippen molar-refractivity contribution in [3.63, 3.8) is 0 Å². The number of carbonyl (C=O) groups excluding carboxylic acids is 1. The Hall–Kier alpha value is -1.35. The first kappa shape index (κ1) is 12.7. The van der Waals surface area contributed by atoms with Crippen LogP contribution in [0.4, 0.5) is 0 Å². The minimum Gasteiger partial charge on any atom is -0.335 e. The lowest BCUT2D eigenvalue weighted by molar-refractivity contribution is -0.143. The van der Waals surface area contributed by atoms with Crippen LogP contribution in [-0.2, 0) is 11.3 Å². The first-order valence-electron chi connectivity index (χ1n) is 7.39. The topological polar surface area (TPSA) is 32.3 Å². The quantitative estimate of drug-likeness (QED) is 0.883. The van der Waals surface area contributed by atoms with E-state index in [4.69, 9.17) is 0 Å². The molecule has 1 saturated carbocycles. The lowest BCUT2D eigenvalue weighted by atomic mass is 9.79. The van der Waals surface area contributed by atoms with Crippen molar-refractivity contribution in [2.75, 3.05) is 13.1 Å². The van der Waals surface area contributed by atoms with Gasteiger partial charge in [0.05, 0.1) is 5.54 Å². The van der Waals surface area contributed by atoms with Crippen LogP contribution in [0.3, 0.4) is 0 Å². The minimum absolute atomic E-state index is 0.245. The van der Waals surface area contributed by atoms with Crippen LogP contribution in [0.15, 0.2) is 30.3 Å². The zero-order chi connectivity index (χ0) is 13.1. The molecule has 0 bridgehead atoms. The molecule has 2 aliphatic rings. The van der Waals surface area contributed by atoms with Crippen LogP contribution < -0.4 is 5.32 Å². The van der Waals surface area contributed by atoms with E-state index in [1.165, 1.54) is 24.8 Å². The molecule has 102 valence electrons. The lowest BCUT2D eigenvalue weighted by Crippen LogP contribution is -2.64. The van der Waals surface area contributed by atoms with Gasteiger partial charge in [0, 0.05) is 19.6 Å². The van der Waals surface area contributed by atoms with E-state index >= 15 is 0 Å². The molecule has 3 rings (SSSR count). The lowest BCUT2D eigenvalue weighted by Gasteiger charge is -2.44. The van der Waals surface area contributed by atoms with Crippen LogP contribution in [-0.4, -0.2) is 29.4 Å². The molecular formula is C16H22N2O. The summed E-state index contributed by atoms with van der Waals surface area (Å²) in [7, 11) is 0. The van der Waals surface area contributed by atoms with E-state index in [9.17, 15) is 4.79 Å². The number of hydrogen-bond acceptors (Lipinski definition) is 2. The van der Waals surface area contributed by atoms with E-state index in [1.54, 1.807) is 0 Å². The summed E-state index contributed by atoms with van der Waals surface area (Å²) in [5, 5.41) is 3.51. The second-order valence-electron chi connectivity index (χ2n) is 5.78. The maximum atomic E-state index is 12.8. The molecule has 2 fully saturated rings. The molecule has 0 atom stereocenters. The van der Waals surface area contributed by atoms with Crippen molar-refractivity contribution >= 4 is 5.91 Å². The van der Waals surface area contributed by atoms with Gasteiger partial charge in [-0.05, 0) is 18.4 Å². The van der Waals surface area contributed by atoms with E-state index < -0.39 is 0 Å². The third-order valence-electron chi connectivity index (χ3n) is 4.47. The molecule has 1 amide bonds. The van der Waals surface area contributed by atoms with Gasteiger partial charge in [-0.2, -0.15) is 0 Å². The van der Waals surface area contributed by atoms with Crippen LogP contribution in [0, 0.1) is 0 Å². The zero-order valence-electron chi connectivity index (χ0n) is 11.4. The normalized spacial score (nSPS) is 22.7. The molecule has 19 heavy (non-hydrogen) atoms. The van der Waals surface area contributed by atoms with E-state index in [2.05, 4.69) is 17.4 Å². The fourth-order valence-corrected chi connectivity index (χ4v) is 3.41. The third-order valence-corrected chi connectivity index (χ3v) is 4.47. The van der Waals surface area contributed by atoms with E-state index in [0.717, 1.165) is 32.5 Å². The van der Waals surface area contributed by atoms with Crippen molar-refractivity contribution in [1.82, 2.24) is 10.2 Å². The van der Waals surface area contributed by atoms with Gasteiger partial charge in [0.1, 0.15) is 0 Å². The second kappa shape index (κ2) is 5.33. The molecule has 1 aliphatic carbocycles. The van der Waals surface area contributed by atoms with Crippen molar-refractivity contribution in [2.24, 2.45) is 0 Å².